The monoisotopic (exact) mass is 284 g/mol. The molecule has 0 saturated carbocycles. The number of nitrogens with two attached hydrogens (primary N) is 1. The number of hydrogen-bond donors (Lipinski definition) is 3. The summed E-state index contributed by atoms with van der Waals surface area (Å²) in [6.07, 6.45) is 2.97. The molecule has 2 heterocycles. The highest BCUT2D eigenvalue weighted by molar-refractivity contribution is 7.89. The summed E-state index contributed by atoms with van der Waals surface area (Å²) in [5.41, 5.74) is 6.09. The van der Waals surface area contributed by atoms with E-state index in [0.29, 0.717) is 18.1 Å². The topological polar surface area (TPSA) is 119 Å². The quantitative estimate of drug-likeness (QED) is 0.664. The zero-order valence-electron chi connectivity index (χ0n) is 10.5. The zero-order chi connectivity index (χ0) is 13.9. The normalized spacial score (nSPS) is 11.9. The van der Waals surface area contributed by atoms with Crippen LogP contribution in [-0.2, 0) is 29.7 Å². The second kappa shape index (κ2) is 5.51. The predicted octanol–water partition coefficient (Wildman–Crippen LogP) is -0.437. The van der Waals surface area contributed by atoms with Gasteiger partial charge in [-0.2, -0.15) is 0 Å². The molecule has 104 valence electrons. The van der Waals surface area contributed by atoms with Gasteiger partial charge in [-0.3, -0.25) is 0 Å². The number of sulfonamides is 1. The summed E-state index contributed by atoms with van der Waals surface area (Å²) in [4.78, 5) is 2.96. The van der Waals surface area contributed by atoms with E-state index in [9.17, 15) is 8.42 Å². The van der Waals surface area contributed by atoms with Crippen LogP contribution in [0.15, 0.2) is 23.5 Å². The molecule has 0 unspecified atom stereocenters. The molecule has 0 bridgehead atoms. The van der Waals surface area contributed by atoms with Crippen LogP contribution in [0.25, 0.3) is 0 Å². The van der Waals surface area contributed by atoms with E-state index in [0.717, 1.165) is 0 Å². The molecule has 19 heavy (non-hydrogen) atoms. The molecule has 9 heteroatoms. The van der Waals surface area contributed by atoms with Gasteiger partial charge in [0.25, 0.3) is 0 Å². The summed E-state index contributed by atoms with van der Waals surface area (Å²) in [7, 11) is -3.57. The Morgan fingerprint density at radius 2 is 2.32 bits per heavy atom. The van der Waals surface area contributed by atoms with Gasteiger partial charge < -0.3 is 15.3 Å². The number of nitrogens with one attached hydrogen (secondary N) is 2. The highest BCUT2D eigenvalue weighted by Gasteiger charge is 2.16. The summed E-state index contributed by atoms with van der Waals surface area (Å²) in [6, 6.07) is 1.51. The van der Waals surface area contributed by atoms with Gasteiger partial charge in [0, 0.05) is 25.0 Å². The van der Waals surface area contributed by atoms with Crippen molar-refractivity contribution in [2.45, 2.75) is 31.5 Å². The molecule has 0 radical (unpaired) electrons. The minimum Gasteiger partial charge on any atom is -0.363 e. The lowest BCUT2D eigenvalue weighted by Crippen LogP contribution is -2.24. The Balaban J connectivity index is 2.09. The molecule has 0 aliphatic heterocycles. The average molecular weight is 284 g/mol. The Morgan fingerprint density at radius 1 is 1.53 bits per heavy atom. The number of aromatic amines is 1. The molecule has 8 nitrogen and oxygen atoms in total. The van der Waals surface area contributed by atoms with Crippen LogP contribution in [-0.4, -0.2) is 28.2 Å². The molecule has 0 amide bonds. The first kappa shape index (κ1) is 13.7. The van der Waals surface area contributed by atoms with E-state index in [-0.39, 0.29) is 18.0 Å². The summed E-state index contributed by atoms with van der Waals surface area (Å²) in [5, 5.41) is 7.60. The Kier molecular flexibility index (Phi) is 3.98. The minimum absolute atomic E-state index is 0.0965. The van der Waals surface area contributed by atoms with Gasteiger partial charge in [-0.15, -0.1) is 10.2 Å². The molecule has 2 rings (SSSR count). The van der Waals surface area contributed by atoms with Crippen molar-refractivity contribution in [3.63, 3.8) is 0 Å². The molecule has 0 aliphatic carbocycles. The summed E-state index contributed by atoms with van der Waals surface area (Å²) >= 11 is 0. The summed E-state index contributed by atoms with van der Waals surface area (Å²) < 4.78 is 28.3. The van der Waals surface area contributed by atoms with Crippen LogP contribution in [0.3, 0.4) is 0 Å². The van der Waals surface area contributed by atoms with Crippen LogP contribution in [0.4, 0.5) is 0 Å². The molecule has 2 aromatic heterocycles. The van der Waals surface area contributed by atoms with Crippen molar-refractivity contribution in [3.05, 3.63) is 30.1 Å². The fourth-order valence-electron chi connectivity index (χ4n) is 1.61. The second-order valence-electron chi connectivity index (χ2n) is 3.92. The molecule has 0 aromatic carbocycles. The van der Waals surface area contributed by atoms with Crippen LogP contribution in [0, 0.1) is 0 Å². The van der Waals surface area contributed by atoms with Crippen molar-refractivity contribution < 1.29 is 8.42 Å². The first-order valence-corrected chi connectivity index (χ1v) is 7.29. The Morgan fingerprint density at radius 3 is 2.95 bits per heavy atom. The number of rotatable bonds is 6. The van der Waals surface area contributed by atoms with Crippen LogP contribution < -0.4 is 10.5 Å². The van der Waals surface area contributed by atoms with Crippen LogP contribution in [0.5, 0.6) is 0 Å². The number of nitrogens with zero attached hydrogens (tertiary/aromatic N) is 3. The highest BCUT2D eigenvalue weighted by atomic mass is 32.2. The Bertz CT molecular complexity index is 645. The standard InChI is InChI=1S/C10H16N6O2S/c1-2-16-7-13-15-10(16)6-14-19(17,18)9-3-8(4-11)12-5-9/h3,5,7,12,14H,2,4,6,11H2,1H3. The van der Waals surface area contributed by atoms with E-state index in [1.807, 2.05) is 6.92 Å². The third kappa shape index (κ3) is 3.00. The molecular formula is C10H16N6O2S. The largest absolute Gasteiger partial charge is 0.363 e. The van der Waals surface area contributed by atoms with E-state index in [1.165, 1.54) is 12.3 Å². The summed E-state index contributed by atoms with van der Waals surface area (Å²) in [6.45, 7) is 2.98. The second-order valence-corrected chi connectivity index (χ2v) is 5.69. The maximum absolute atomic E-state index is 12.0. The molecule has 2 aromatic rings. The van der Waals surface area contributed by atoms with Gasteiger partial charge >= 0.3 is 0 Å². The Labute approximate surface area is 111 Å². The molecule has 0 fully saturated rings. The maximum atomic E-state index is 12.0. The number of aryl methyl sites for hydroxylation is 1. The lowest BCUT2D eigenvalue weighted by Gasteiger charge is -2.05. The van der Waals surface area contributed by atoms with Crippen LogP contribution >= 0.6 is 0 Å². The van der Waals surface area contributed by atoms with Crippen LogP contribution in [0.2, 0.25) is 0 Å². The van der Waals surface area contributed by atoms with Gasteiger partial charge in [-0.05, 0) is 13.0 Å². The van der Waals surface area contributed by atoms with Gasteiger partial charge in [0.1, 0.15) is 12.2 Å². The van der Waals surface area contributed by atoms with E-state index in [2.05, 4.69) is 19.9 Å². The van der Waals surface area contributed by atoms with Crippen molar-refractivity contribution >= 4 is 10.0 Å². The number of hydrogen-bond acceptors (Lipinski definition) is 5. The van der Waals surface area contributed by atoms with Gasteiger partial charge in [0.15, 0.2) is 0 Å². The number of aromatic nitrogens is 4. The third-order valence-corrected chi connectivity index (χ3v) is 4.08. The molecule has 0 saturated heterocycles. The molecule has 4 N–H and O–H groups in total. The van der Waals surface area contributed by atoms with Gasteiger partial charge in [0.2, 0.25) is 10.0 Å². The summed E-state index contributed by atoms with van der Waals surface area (Å²) in [5.74, 6) is 0.570. The lowest BCUT2D eigenvalue weighted by atomic mass is 10.4. The van der Waals surface area contributed by atoms with Crippen molar-refractivity contribution in [2.75, 3.05) is 0 Å². The fraction of sp³-hybridized carbons (Fsp3) is 0.400. The smallest absolute Gasteiger partial charge is 0.242 e. The zero-order valence-corrected chi connectivity index (χ0v) is 11.3. The van der Waals surface area contributed by atoms with E-state index in [4.69, 9.17) is 5.73 Å². The van der Waals surface area contributed by atoms with Crippen molar-refractivity contribution in [1.82, 2.24) is 24.5 Å². The van der Waals surface area contributed by atoms with Crippen molar-refractivity contribution in [2.24, 2.45) is 5.73 Å². The maximum Gasteiger partial charge on any atom is 0.242 e. The van der Waals surface area contributed by atoms with Gasteiger partial charge in [0.05, 0.1) is 11.4 Å². The molecule has 0 atom stereocenters. The van der Waals surface area contributed by atoms with Crippen molar-refractivity contribution in [1.29, 1.82) is 0 Å². The lowest BCUT2D eigenvalue weighted by molar-refractivity contribution is 0.575. The fourth-order valence-corrected chi connectivity index (χ4v) is 2.61. The molecule has 0 spiro atoms. The third-order valence-electron chi connectivity index (χ3n) is 2.70. The van der Waals surface area contributed by atoms with Gasteiger partial charge in [-0.25, -0.2) is 13.1 Å². The van der Waals surface area contributed by atoms with E-state index >= 15 is 0 Å². The highest BCUT2D eigenvalue weighted by Crippen LogP contribution is 2.10. The van der Waals surface area contributed by atoms with E-state index < -0.39 is 10.0 Å². The first-order chi connectivity index (χ1) is 9.06. The molecular weight excluding hydrogens is 268 g/mol. The average Bonchev–Trinajstić information content (AvgIpc) is 3.05. The van der Waals surface area contributed by atoms with Crippen LogP contribution in [0.1, 0.15) is 18.4 Å². The van der Waals surface area contributed by atoms with Crippen molar-refractivity contribution in [3.8, 4) is 0 Å². The van der Waals surface area contributed by atoms with E-state index in [1.54, 1.807) is 10.9 Å². The SMILES string of the molecule is CCn1cnnc1CNS(=O)(=O)c1c[nH]c(CN)c1. The first-order valence-electron chi connectivity index (χ1n) is 5.80. The molecule has 0 aliphatic rings. The predicted molar refractivity (Wildman–Crippen MR) is 68.4 cm³/mol. The number of H-pyrrole nitrogens is 1. The Hall–Kier alpha value is -1.71. The van der Waals surface area contributed by atoms with Gasteiger partial charge in [-0.1, -0.05) is 0 Å². The minimum atomic E-state index is -3.57.